The number of para-hydroxylation sites is 1. The first-order valence-electron chi connectivity index (χ1n) is 7.14. The van der Waals surface area contributed by atoms with Crippen molar-refractivity contribution in [3.05, 3.63) is 39.9 Å². The fourth-order valence-electron chi connectivity index (χ4n) is 2.91. The summed E-state index contributed by atoms with van der Waals surface area (Å²) in [6.45, 7) is 3.23. The molecule has 0 aliphatic heterocycles. The molecular weight excluding hydrogens is 256 g/mol. The third-order valence-corrected chi connectivity index (χ3v) is 4.31. The van der Waals surface area contributed by atoms with Gasteiger partial charge < -0.3 is 10.4 Å². The SMILES string of the molecule is CC1(CNCc2ccccc2[N+](=O)[O-])CCCCC1O. The Hall–Kier alpha value is -1.46. The fraction of sp³-hybridized carbons (Fsp3) is 0.600. The van der Waals surface area contributed by atoms with Gasteiger partial charge in [0.2, 0.25) is 0 Å². The van der Waals surface area contributed by atoms with E-state index in [4.69, 9.17) is 0 Å². The molecule has 20 heavy (non-hydrogen) atoms. The maximum absolute atomic E-state index is 10.9. The zero-order chi connectivity index (χ0) is 14.6. The highest BCUT2D eigenvalue weighted by Gasteiger charge is 2.34. The van der Waals surface area contributed by atoms with E-state index in [-0.39, 0.29) is 22.1 Å². The first-order chi connectivity index (χ1) is 9.53. The normalized spacial score (nSPS) is 26.4. The largest absolute Gasteiger partial charge is 0.393 e. The van der Waals surface area contributed by atoms with Gasteiger partial charge in [0, 0.05) is 30.1 Å². The van der Waals surface area contributed by atoms with Crippen LogP contribution in [-0.4, -0.2) is 22.7 Å². The lowest BCUT2D eigenvalue weighted by Crippen LogP contribution is -2.43. The van der Waals surface area contributed by atoms with E-state index >= 15 is 0 Å². The number of aliphatic hydroxyl groups excluding tert-OH is 1. The highest BCUT2D eigenvalue weighted by Crippen LogP contribution is 2.35. The Balaban J connectivity index is 1.94. The van der Waals surface area contributed by atoms with Gasteiger partial charge in [0.1, 0.15) is 0 Å². The van der Waals surface area contributed by atoms with Crippen LogP contribution in [-0.2, 0) is 6.54 Å². The van der Waals surface area contributed by atoms with Gasteiger partial charge in [0.05, 0.1) is 11.0 Å². The molecule has 0 saturated heterocycles. The number of nitro benzene ring substituents is 1. The van der Waals surface area contributed by atoms with Crippen molar-refractivity contribution in [3.8, 4) is 0 Å². The molecule has 1 saturated carbocycles. The number of nitro groups is 1. The molecule has 0 amide bonds. The average Bonchev–Trinajstić information content (AvgIpc) is 2.43. The fourth-order valence-corrected chi connectivity index (χ4v) is 2.91. The van der Waals surface area contributed by atoms with Gasteiger partial charge in [0.25, 0.3) is 5.69 Å². The van der Waals surface area contributed by atoms with Gasteiger partial charge in [-0.25, -0.2) is 0 Å². The van der Waals surface area contributed by atoms with E-state index in [2.05, 4.69) is 12.2 Å². The zero-order valence-electron chi connectivity index (χ0n) is 11.8. The molecule has 0 bridgehead atoms. The van der Waals surface area contributed by atoms with Crippen LogP contribution in [0.4, 0.5) is 5.69 Å². The van der Waals surface area contributed by atoms with Crippen LogP contribution in [0.3, 0.4) is 0 Å². The quantitative estimate of drug-likeness (QED) is 0.641. The second kappa shape index (κ2) is 6.33. The minimum Gasteiger partial charge on any atom is -0.393 e. The smallest absolute Gasteiger partial charge is 0.273 e. The van der Waals surface area contributed by atoms with Crippen LogP contribution >= 0.6 is 0 Å². The molecule has 2 N–H and O–H groups in total. The Morgan fingerprint density at radius 3 is 2.90 bits per heavy atom. The second-order valence-corrected chi connectivity index (χ2v) is 5.90. The van der Waals surface area contributed by atoms with Crippen LogP contribution in [0, 0.1) is 15.5 Å². The van der Waals surface area contributed by atoms with Gasteiger partial charge in [-0.05, 0) is 12.8 Å². The summed E-state index contributed by atoms with van der Waals surface area (Å²) in [6.07, 6.45) is 3.79. The van der Waals surface area contributed by atoms with Crippen LogP contribution in [0.25, 0.3) is 0 Å². The minimum absolute atomic E-state index is 0.123. The molecule has 0 aromatic heterocycles. The Morgan fingerprint density at radius 2 is 2.20 bits per heavy atom. The van der Waals surface area contributed by atoms with Crippen molar-refractivity contribution in [3.63, 3.8) is 0 Å². The van der Waals surface area contributed by atoms with Crippen molar-refractivity contribution in [2.75, 3.05) is 6.54 Å². The molecule has 1 aliphatic carbocycles. The number of benzene rings is 1. The van der Waals surface area contributed by atoms with Gasteiger partial charge >= 0.3 is 0 Å². The average molecular weight is 278 g/mol. The summed E-state index contributed by atoms with van der Waals surface area (Å²) >= 11 is 0. The first kappa shape index (κ1) is 14.9. The predicted molar refractivity (Wildman–Crippen MR) is 77.4 cm³/mol. The standard InChI is InChI=1S/C15H22N2O3/c1-15(9-5-4-8-14(15)18)11-16-10-12-6-2-3-7-13(12)17(19)20/h2-3,6-7,14,16,18H,4-5,8-11H2,1H3. The summed E-state index contributed by atoms with van der Waals surface area (Å²) in [7, 11) is 0. The number of nitrogens with one attached hydrogen (secondary N) is 1. The molecule has 2 unspecified atom stereocenters. The third kappa shape index (κ3) is 3.35. The van der Waals surface area contributed by atoms with E-state index in [1.165, 1.54) is 6.07 Å². The molecular formula is C15H22N2O3. The van der Waals surface area contributed by atoms with Crippen LogP contribution in [0.1, 0.15) is 38.2 Å². The van der Waals surface area contributed by atoms with Crippen molar-refractivity contribution in [1.29, 1.82) is 0 Å². The molecule has 110 valence electrons. The minimum atomic E-state index is -0.353. The van der Waals surface area contributed by atoms with Gasteiger partial charge in [-0.1, -0.05) is 38.0 Å². The summed E-state index contributed by atoms with van der Waals surface area (Å²) in [5.74, 6) is 0. The van der Waals surface area contributed by atoms with E-state index < -0.39 is 0 Å². The molecule has 5 nitrogen and oxygen atoms in total. The molecule has 0 heterocycles. The topological polar surface area (TPSA) is 75.4 Å². The van der Waals surface area contributed by atoms with Crippen molar-refractivity contribution in [1.82, 2.24) is 5.32 Å². The first-order valence-corrected chi connectivity index (χ1v) is 7.14. The zero-order valence-corrected chi connectivity index (χ0v) is 11.8. The van der Waals surface area contributed by atoms with Gasteiger partial charge in [-0.2, -0.15) is 0 Å². The highest BCUT2D eigenvalue weighted by molar-refractivity contribution is 5.39. The van der Waals surface area contributed by atoms with Crippen molar-refractivity contribution in [2.45, 2.75) is 45.3 Å². The van der Waals surface area contributed by atoms with E-state index in [1.807, 2.05) is 0 Å². The van der Waals surface area contributed by atoms with Gasteiger partial charge in [-0.3, -0.25) is 10.1 Å². The van der Waals surface area contributed by atoms with Crippen LogP contribution < -0.4 is 5.32 Å². The summed E-state index contributed by atoms with van der Waals surface area (Å²) in [5.41, 5.74) is 0.711. The summed E-state index contributed by atoms with van der Waals surface area (Å²) in [6, 6.07) is 6.77. The lowest BCUT2D eigenvalue weighted by Gasteiger charge is -2.38. The second-order valence-electron chi connectivity index (χ2n) is 5.90. The molecule has 5 heteroatoms. The lowest BCUT2D eigenvalue weighted by atomic mass is 9.73. The number of nitrogens with zero attached hydrogens (tertiary/aromatic N) is 1. The number of hydrogen-bond acceptors (Lipinski definition) is 4. The molecule has 2 rings (SSSR count). The molecule has 1 aromatic carbocycles. The van der Waals surface area contributed by atoms with Crippen molar-refractivity contribution < 1.29 is 10.0 Å². The molecule has 0 spiro atoms. The molecule has 1 aliphatic rings. The molecule has 1 fully saturated rings. The van der Waals surface area contributed by atoms with Crippen LogP contribution in [0.2, 0.25) is 0 Å². The lowest BCUT2D eigenvalue weighted by molar-refractivity contribution is -0.385. The highest BCUT2D eigenvalue weighted by atomic mass is 16.6. The van der Waals surface area contributed by atoms with Crippen LogP contribution in [0.15, 0.2) is 24.3 Å². The Morgan fingerprint density at radius 1 is 1.45 bits per heavy atom. The van der Waals surface area contributed by atoms with E-state index in [9.17, 15) is 15.2 Å². The van der Waals surface area contributed by atoms with Crippen molar-refractivity contribution in [2.24, 2.45) is 5.41 Å². The Kier molecular flexibility index (Phi) is 4.73. The predicted octanol–water partition coefficient (Wildman–Crippen LogP) is 2.63. The third-order valence-electron chi connectivity index (χ3n) is 4.31. The number of hydrogen-bond donors (Lipinski definition) is 2. The number of rotatable bonds is 5. The van der Waals surface area contributed by atoms with Gasteiger partial charge in [0.15, 0.2) is 0 Å². The maximum atomic E-state index is 10.9. The number of aliphatic hydroxyl groups is 1. The maximum Gasteiger partial charge on any atom is 0.273 e. The summed E-state index contributed by atoms with van der Waals surface area (Å²) < 4.78 is 0. The molecule has 0 radical (unpaired) electrons. The van der Waals surface area contributed by atoms with Crippen molar-refractivity contribution >= 4 is 5.69 Å². The molecule has 1 aromatic rings. The van der Waals surface area contributed by atoms with Crippen LogP contribution in [0.5, 0.6) is 0 Å². The Labute approximate surface area is 119 Å². The Bertz CT molecular complexity index is 478. The summed E-state index contributed by atoms with van der Waals surface area (Å²) in [4.78, 5) is 10.6. The van der Waals surface area contributed by atoms with E-state index in [1.54, 1.807) is 18.2 Å². The van der Waals surface area contributed by atoms with E-state index in [0.29, 0.717) is 18.7 Å². The summed E-state index contributed by atoms with van der Waals surface area (Å²) in [5, 5.41) is 24.3. The molecule has 2 atom stereocenters. The monoisotopic (exact) mass is 278 g/mol. The van der Waals surface area contributed by atoms with Gasteiger partial charge in [-0.15, -0.1) is 0 Å². The van der Waals surface area contributed by atoms with E-state index in [0.717, 1.165) is 25.7 Å².